The van der Waals surface area contributed by atoms with E-state index in [0.717, 1.165) is 20.8 Å². The van der Waals surface area contributed by atoms with E-state index in [9.17, 15) is 56.5 Å². The van der Waals surface area contributed by atoms with Crippen LogP contribution in [0.15, 0.2) is 0 Å². The minimum atomic E-state index is -5.32. The van der Waals surface area contributed by atoms with Crippen LogP contribution in [0, 0.1) is 5.92 Å². The molecule has 0 aromatic heterocycles. The second kappa shape index (κ2) is 14.4. The number of aliphatic carboxylic acids is 1. The first-order valence-electron chi connectivity index (χ1n) is 11.2. The summed E-state index contributed by atoms with van der Waals surface area (Å²) in [5.41, 5.74) is 0. The summed E-state index contributed by atoms with van der Waals surface area (Å²) in [4.78, 5) is 80.0. The fourth-order valence-electron chi connectivity index (χ4n) is 3.69. The number of carboxylic acids is 1. The molecule has 1 fully saturated rings. The smallest absolute Gasteiger partial charge is 0.471 e. The SMILES string of the molecule is CC(=O)OC[C@@H](OC(C)=O)[C@@H](C)C1O[C@](O[PH](=O)O)(C(=O)O)CC(OC(C)=O)[C@H]1NC(=O)CNC(=O)C(F)(F)F. The molecule has 0 aromatic rings. The van der Waals surface area contributed by atoms with Gasteiger partial charge in [0.1, 0.15) is 18.8 Å². The van der Waals surface area contributed by atoms with Gasteiger partial charge in [-0.25, -0.2) is 4.79 Å². The zero-order valence-electron chi connectivity index (χ0n) is 21.4. The number of amides is 2. The average Bonchev–Trinajstić information content (AvgIpc) is 2.79. The Morgan fingerprint density at radius 3 is 2.15 bits per heavy atom. The lowest BCUT2D eigenvalue weighted by atomic mass is 9.84. The molecule has 20 heteroatoms. The molecule has 0 radical (unpaired) electrons. The standard InChI is InChI=1S/C20H28F3N2O14P/c1-8(13(37-11(4)28)7-35-9(2)26)16-15(25-14(29)6-24-17(30)20(21,22)23)12(36-10(3)27)5-19(38-16,18(31)32)39-40(33)34/h8,12-13,15-16,40H,5-7H2,1-4H3,(H,24,30)(H,25,29)(H,31,32)(H,33,34)/t8-,12?,13-,15-,16?,19-/m1/s1. The number of carbonyl (C=O) groups is 6. The molecular weight excluding hydrogens is 580 g/mol. The van der Waals surface area contributed by atoms with Gasteiger partial charge < -0.3 is 39.6 Å². The summed E-state index contributed by atoms with van der Waals surface area (Å²) in [5.74, 6) is -12.8. The Morgan fingerprint density at radius 1 is 1.10 bits per heavy atom. The molecule has 1 aliphatic rings. The summed E-state index contributed by atoms with van der Waals surface area (Å²) >= 11 is 0. The molecule has 228 valence electrons. The van der Waals surface area contributed by atoms with Gasteiger partial charge in [0.05, 0.1) is 25.1 Å². The first-order chi connectivity index (χ1) is 18.3. The molecule has 1 aliphatic heterocycles. The van der Waals surface area contributed by atoms with Crippen LogP contribution >= 0.6 is 8.25 Å². The Hall–Kier alpha value is -3.28. The Morgan fingerprint density at radius 2 is 1.70 bits per heavy atom. The molecule has 2 amide bonds. The van der Waals surface area contributed by atoms with Crippen molar-refractivity contribution < 1.29 is 80.0 Å². The minimum Gasteiger partial charge on any atom is -0.477 e. The van der Waals surface area contributed by atoms with E-state index in [0.29, 0.717) is 0 Å². The Balaban J connectivity index is 3.56. The summed E-state index contributed by atoms with van der Waals surface area (Å²) in [6.45, 7) is 2.25. The van der Waals surface area contributed by atoms with Crippen molar-refractivity contribution in [1.29, 1.82) is 0 Å². The fourth-order valence-corrected chi connectivity index (χ4v) is 4.19. The first kappa shape index (κ1) is 34.7. The van der Waals surface area contributed by atoms with Crippen LogP contribution in [-0.2, 0) is 56.8 Å². The normalized spacial score (nSPS) is 24.9. The van der Waals surface area contributed by atoms with Gasteiger partial charge in [-0.05, 0) is 0 Å². The molecule has 0 bridgehead atoms. The quantitative estimate of drug-likeness (QED) is 0.121. The maximum Gasteiger partial charge on any atom is 0.471 e. The van der Waals surface area contributed by atoms with Crippen LogP contribution in [0.1, 0.15) is 34.1 Å². The second-order valence-electron chi connectivity index (χ2n) is 8.44. The van der Waals surface area contributed by atoms with E-state index in [1.807, 2.05) is 0 Å². The van der Waals surface area contributed by atoms with Gasteiger partial charge in [0.15, 0.2) is 0 Å². The zero-order chi connectivity index (χ0) is 31.0. The Kier molecular flexibility index (Phi) is 12.5. The van der Waals surface area contributed by atoms with Crippen molar-refractivity contribution >= 4 is 43.9 Å². The van der Waals surface area contributed by atoms with Crippen LogP contribution in [0.2, 0.25) is 0 Å². The van der Waals surface area contributed by atoms with Crippen molar-refractivity contribution in [3.8, 4) is 0 Å². The van der Waals surface area contributed by atoms with Gasteiger partial charge >= 0.3 is 44.2 Å². The number of carbonyl (C=O) groups excluding carboxylic acids is 5. The van der Waals surface area contributed by atoms with Gasteiger partial charge in [0.25, 0.3) is 5.79 Å². The molecule has 0 aromatic carbocycles. The third-order valence-electron chi connectivity index (χ3n) is 5.31. The molecule has 1 rings (SSSR count). The highest BCUT2D eigenvalue weighted by atomic mass is 31.1. The van der Waals surface area contributed by atoms with E-state index in [2.05, 4.69) is 9.84 Å². The summed E-state index contributed by atoms with van der Waals surface area (Å²) in [7, 11) is -4.06. The highest BCUT2D eigenvalue weighted by Crippen LogP contribution is 2.41. The largest absolute Gasteiger partial charge is 0.477 e. The number of alkyl halides is 3. The van der Waals surface area contributed by atoms with Crippen molar-refractivity contribution in [2.45, 2.75) is 70.4 Å². The fraction of sp³-hybridized carbons (Fsp3) is 0.700. The number of ether oxygens (including phenoxy) is 4. The number of carboxylic acid groups (broad SMARTS) is 1. The number of nitrogens with one attached hydrogen (secondary N) is 2. The van der Waals surface area contributed by atoms with E-state index in [-0.39, 0.29) is 0 Å². The van der Waals surface area contributed by atoms with Crippen molar-refractivity contribution in [2.75, 3.05) is 13.2 Å². The molecule has 0 aliphatic carbocycles. The van der Waals surface area contributed by atoms with E-state index in [1.54, 1.807) is 0 Å². The van der Waals surface area contributed by atoms with E-state index < -0.39 is 106 Å². The van der Waals surface area contributed by atoms with E-state index in [1.165, 1.54) is 12.2 Å². The maximum atomic E-state index is 12.5. The predicted octanol–water partition coefficient (Wildman–Crippen LogP) is -0.819. The number of halogens is 3. The summed E-state index contributed by atoms with van der Waals surface area (Å²) in [6, 6.07) is -1.64. The zero-order valence-corrected chi connectivity index (χ0v) is 22.4. The van der Waals surface area contributed by atoms with Crippen molar-refractivity contribution in [2.24, 2.45) is 5.92 Å². The van der Waals surface area contributed by atoms with Gasteiger partial charge in [0.2, 0.25) is 5.91 Å². The average molecular weight is 608 g/mol. The predicted molar refractivity (Wildman–Crippen MR) is 120 cm³/mol. The first-order valence-corrected chi connectivity index (χ1v) is 12.5. The molecule has 1 saturated heterocycles. The van der Waals surface area contributed by atoms with Gasteiger partial charge in [-0.15, -0.1) is 0 Å². The van der Waals surface area contributed by atoms with Crippen LogP contribution in [0.4, 0.5) is 13.2 Å². The summed E-state index contributed by atoms with van der Waals surface area (Å²) in [5, 5.41) is 13.3. The van der Waals surface area contributed by atoms with Crippen LogP contribution in [0.3, 0.4) is 0 Å². The number of hydrogen-bond acceptors (Lipinski definition) is 12. The van der Waals surface area contributed by atoms with Gasteiger partial charge in [-0.1, -0.05) is 6.92 Å². The monoisotopic (exact) mass is 608 g/mol. The van der Waals surface area contributed by atoms with Crippen LogP contribution in [-0.4, -0.2) is 95.2 Å². The maximum absolute atomic E-state index is 12.5. The Bertz CT molecular complexity index is 1020. The summed E-state index contributed by atoms with van der Waals surface area (Å²) in [6.07, 6.45) is -11.3. The lowest BCUT2D eigenvalue weighted by Crippen LogP contribution is -2.67. The number of rotatable bonds is 12. The molecule has 16 nitrogen and oxygen atoms in total. The number of hydrogen-bond donors (Lipinski definition) is 4. The van der Waals surface area contributed by atoms with E-state index in [4.69, 9.17) is 18.9 Å². The lowest BCUT2D eigenvalue weighted by Gasteiger charge is -2.47. The molecule has 7 atom stereocenters. The number of esters is 3. The highest BCUT2D eigenvalue weighted by molar-refractivity contribution is 7.32. The van der Waals surface area contributed by atoms with Crippen LogP contribution < -0.4 is 10.6 Å². The van der Waals surface area contributed by atoms with Crippen molar-refractivity contribution in [3.05, 3.63) is 0 Å². The van der Waals surface area contributed by atoms with Gasteiger partial charge in [-0.2, -0.15) is 13.2 Å². The van der Waals surface area contributed by atoms with Crippen LogP contribution in [0.5, 0.6) is 0 Å². The molecule has 0 spiro atoms. The summed E-state index contributed by atoms with van der Waals surface area (Å²) < 4.78 is 74.3. The Labute approximate surface area is 224 Å². The minimum absolute atomic E-state index is 0.631. The second-order valence-corrected chi connectivity index (χ2v) is 9.18. The molecule has 0 saturated carbocycles. The molecular formula is C20H28F3N2O14P. The molecule has 4 N–H and O–H groups in total. The molecule has 3 unspecified atom stereocenters. The van der Waals surface area contributed by atoms with E-state index >= 15 is 0 Å². The third kappa shape index (κ3) is 10.4. The molecule has 1 heterocycles. The highest BCUT2D eigenvalue weighted by Gasteiger charge is 2.58. The van der Waals surface area contributed by atoms with Crippen molar-refractivity contribution in [1.82, 2.24) is 10.6 Å². The van der Waals surface area contributed by atoms with Crippen LogP contribution in [0.25, 0.3) is 0 Å². The van der Waals surface area contributed by atoms with Gasteiger partial charge in [-0.3, -0.25) is 33.1 Å². The molecule has 40 heavy (non-hydrogen) atoms. The van der Waals surface area contributed by atoms with Gasteiger partial charge in [0, 0.05) is 26.7 Å². The van der Waals surface area contributed by atoms with Crippen molar-refractivity contribution in [3.63, 3.8) is 0 Å². The third-order valence-corrected chi connectivity index (χ3v) is 5.82. The lowest BCUT2D eigenvalue weighted by molar-refractivity contribution is -0.279. The topological polar surface area (TPSA) is 230 Å².